The van der Waals surface area contributed by atoms with E-state index >= 15 is 0 Å². The molecule has 0 aromatic rings. The van der Waals surface area contributed by atoms with Crippen LogP contribution in [0.3, 0.4) is 0 Å². The van der Waals surface area contributed by atoms with Gasteiger partial charge in [-0.2, -0.15) is 0 Å². The molecule has 12 heavy (non-hydrogen) atoms. The maximum Gasteiger partial charge on any atom is 0.0645 e. The lowest BCUT2D eigenvalue weighted by Crippen LogP contribution is -2.56. The Morgan fingerprint density at radius 1 is 0.833 bits per heavy atom. The molecule has 1 N–H and O–H groups in total. The standard InChI is InChI=1S/C9H16N2O/c12-9-7-3-10-1-2-11(5-7)6-8(9)4-10/h7-9,12H,1-6H2. The minimum Gasteiger partial charge on any atom is -0.392 e. The molecule has 3 heteroatoms. The van der Waals surface area contributed by atoms with E-state index in [2.05, 4.69) is 9.80 Å². The number of aliphatic hydroxyl groups is 1. The van der Waals surface area contributed by atoms with Crippen LogP contribution >= 0.6 is 0 Å². The van der Waals surface area contributed by atoms with Crippen molar-refractivity contribution in [1.29, 1.82) is 0 Å². The van der Waals surface area contributed by atoms with Crippen LogP contribution in [0.2, 0.25) is 0 Å². The summed E-state index contributed by atoms with van der Waals surface area (Å²) in [6.07, 6.45) is -0.00407. The van der Waals surface area contributed by atoms with E-state index in [9.17, 15) is 5.11 Å². The second-order valence-corrected chi connectivity index (χ2v) is 4.53. The van der Waals surface area contributed by atoms with Crippen LogP contribution in [0.4, 0.5) is 0 Å². The van der Waals surface area contributed by atoms with Gasteiger partial charge in [0.05, 0.1) is 6.10 Å². The number of aliphatic hydroxyl groups excluding tert-OH is 1. The first kappa shape index (κ1) is 7.30. The van der Waals surface area contributed by atoms with Gasteiger partial charge in [0, 0.05) is 51.1 Å². The fourth-order valence-electron chi connectivity index (χ4n) is 3.06. The van der Waals surface area contributed by atoms with Gasteiger partial charge in [-0.1, -0.05) is 0 Å². The molecule has 4 aliphatic heterocycles. The first-order chi connectivity index (χ1) is 5.83. The second kappa shape index (κ2) is 2.44. The van der Waals surface area contributed by atoms with Crippen molar-refractivity contribution in [2.75, 3.05) is 39.3 Å². The van der Waals surface area contributed by atoms with Crippen molar-refractivity contribution in [3.63, 3.8) is 0 Å². The topological polar surface area (TPSA) is 26.7 Å². The molecule has 0 amide bonds. The first-order valence-corrected chi connectivity index (χ1v) is 4.96. The molecule has 4 fully saturated rings. The predicted molar refractivity (Wildman–Crippen MR) is 45.9 cm³/mol. The summed E-state index contributed by atoms with van der Waals surface area (Å²) in [7, 11) is 0. The third kappa shape index (κ3) is 0.934. The molecule has 0 aromatic carbocycles. The highest BCUT2D eigenvalue weighted by atomic mass is 16.3. The molecule has 0 atom stereocenters. The Morgan fingerprint density at radius 2 is 1.25 bits per heavy atom. The average Bonchev–Trinajstić information content (AvgIpc) is 2.27. The minimum atomic E-state index is -0.00407. The molecule has 4 rings (SSSR count). The van der Waals surface area contributed by atoms with Crippen LogP contribution in [-0.2, 0) is 0 Å². The van der Waals surface area contributed by atoms with Gasteiger partial charge in [-0.15, -0.1) is 0 Å². The van der Waals surface area contributed by atoms with Gasteiger partial charge in [-0.05, 0) is 0 Å². The quantitative estimate of drug-likeness (QED) is 0.514. The largest absolute Gasteiger partial charge is 0.392 e. The normalized spacial score (nSPS) is 57.2. The number of rotatable bonds is 0. The van der Waals surface area contributed by atoms with Gasteiger partial charge in [-0.3, -0.25) is 0 Å². The highest BCUT2D eigenvalue weighted by Gasteiger charge is 2.43. The van der Waals surface area contributed by atoms with E-state index in [-0.39, 0.29) is 6.10 Å². The molecule has 0 aliphatic carbocycles. The Balaban J connectivity index is 1.91. The van der Waals surface area contributed by atoms with Gasteiger partial charge in [0.2, 0.25) is 0 Å². The van der Waals surface area contributed by atoms with Gasteiger partial charge >= 0.3 is 0 Å². The van der Waals surface area contributed by atoms with Crippen molar-refractivity contribution in [2.24, 2.45) is 11.8 Å². The maximum absolute atomic E-state index is 9.90. The van der Waals surface area contributed by atoms with E-state index in [1.165, 1.54) is 13.1 Å². The molecule has 0 unspecified atom stereocenters. The Hall–Kier alpha value is -0.120. The molecule has 0 spiro atoms. The molecule has 4 bridgehead atoms. The summed E-state index contributed by atoms with van der Waals surface area (Å²) < 4.78 is 0. The highest BCUT2D eigenvalue weighted by molar-refractivity contribution is 4.96. The molecule has 68 valence electrons. The van der Waals surface area contributed by atoms with Crippen LogP contribution in [-0.4, -0.2) is 60.3 Å². The summed E-state index contributed by atoms with van der Waals surface area (Å²) in [5.41, 5.74) is 0. The van der Waals surface area contributed by atoms with Crippen LogP contribution in [0.25, 0.3) is 0 Å². The summed E-state index contributed by atoms with van der Waals surface area (Å²) in [4.78, 5) is 5.05. The highest BCUT2D eigenvalue weighted by Crippen LogP contribution is 2.31. The van der Waals surface area contributed by atoms with Crippen LogP contribution in [0.15, 0.2) is 0 Å². The van der Waals surface area contributed by atoms with Gasteiger partial charge in [0.25, 0.3) is 0 Å². The van der Waals surface area contributed by atoms with Crippen molar-refractivity contribution in [2.45, 2.75) is 6.10 Å². The van der Waals surface area contributed by atoms with Crippen LogP contribution in [0.1, 0.15) is 0 Å². The zero-order chi connectivity index (χ0) is 8.13. The van der Waals surface area contributed by atoms with Crippen LogP contribution < -0.4 is 0 Å². The Kier molecular flexibility index (Phi) is 1.48. The zero-order valence-corrected chi connectivity index (χ0v) is 7.32. The van der Waals surface area contributed by atoms with E-state index in [0.717, 1.165) is 26.2 Å². The van der Waals surface area contributed by atoms with Gasteiger partial charge in [0.15, 0.2) is 0 Å². The summed E-state index contributed by atoms with van der Waals surface area (Å²) in [6, 6.07) is 0. The molecule has 4 aliphatic rings. The van der Waals surface area contributed by atoms with E-state index in [0.29, 0.717) is 11.8 Å². The number of hydrogen-bond donors (Lipinski definition) is 1. The second-order valence-electron chi connectivity index (χ2n) is 4.53. The molecule has 0 radical (unpaired) electrons. The molecule has 0 aromatic heterocycles. The van der Waals surface area contributed by atoms with Crippen molar-refractivity contribution in [3.8, 4) is 0 Å². The SMILES string of the molecule is OC1C2CN3CCN(C2)CC1C3. The lowest BCUT2D eigenvalue weighted by Gasteiger charge is -2.44. The van der Waals surface area contributed by atoms with Crippen molar-refractivity contribution < 1.29 is 5.11 Å². The maximum atomic E-state index is 9.90. The van der Waals surface area contributed by atoms with E-state index in [4.69, 9.17) is 0 Å². The average molecular weight is 168 g/mol. The number of nitrogens with zero attached hydrogens (tertiary/aromatic N) is 2. The number of hydrogen-bond acceptors (Lipinski definition) is 3. The van der Waals surface area contributed by atoms with Crippen molar-refractivity contribution >= 4 is 0 Å². The zero-order valence-electron chi connectivity index (χ0n) is 7.32. The molecule has 4 heterocycles. The summed E-state index contributed by atoms with van der Waals surface area (Å²) in [5, 5.41) is 9.90. The fraction of sp³-hybridized carbons (Fsp3) is 1.00. The third-order valence-electron chi connectivity index (χ3n) is 3.67. The van der Waals surface area contributed by atoms with E-state index in [1.54, 1.807) is 0 Å². The minimum absolute atomic E-state index is 0.00407. The molecular weight excluding hydrogens is 152 g/mol. The molecule has 3 nitrogen and oxygen atoms in total. The Bertz CT molecular complexity index is 165. The van der Waals surface area contributed by atoms with Gasteiger partial charge in [-0.25, -0.2) is 0 Å². The number of piperidine rings is 2. The fourth-order valence-corrected chi connectivity index (χ4v) is 3.06. The Morgan fingerprint density at radius 3 is 1.67 bits per heavy atom. The van der Waals surface area contributed by atoms with Crippen molar-refractivity contribution in [1.82, 2.24) is 9.80 Å². The van der Waals surface area contributed by atoms with Gasteiger partial charge < -0.3 is 14.9 Å². The summed E-state index contributed by atoms with van der Waals surface area (Å²) >= 11 is 0. The molecular formula is C9H16N2O. The Labute approximate surface area is 73.0 Å². The summed E-state index contributed by atoms with van der Waals surface area (Å²) in [6.45, 7) is 6.98. The monoisotopic (exact) mass is 168 g/mol. The summed E-state index contributed by atoms with van der Waals surface area (Å²) in [5.74, 6) is 1.08. The van der Waals surface area contributed by atoms with E-state index in [1.807, 2.05) is 0 Å². The predicted octanol–water partition coefficient (Wildman–Crippen LogP) is -0.775. The number of fused-ring (bicyclic) bond motifs is 1. The van der Waals surface area contributed by atoms with Crippen LogP contribution in [0.5, 0.6) is 0 Å². The molecule has 4 saturated heterocycles. The van der Waals surface area contributed by atoms with Crippen molar-refractivity contribution in [3.05, 3.63) is 0 Å². The first-order valence-electron chi connectivity index (χ1n) is 4.96. The lowest BCUT2D eigenvalue weighted by molar-refractivity contribution is -0.0513. The lowest BCUT2D eigenvalue weighted by atomic mass is 9.83. The van der Waals surface area contributed by atoms with E-state index < -0.39 is 0 Å². The molecule has 0 saturated carbocycles. The third-order valence-corrected chi connectivity index (χ3v) is 3.67. The van der Waals surface area contributed by atoms with Crippen LogP contribution in [0, 0.1) is 11.8 Å². The van der Waals surface area contributed by atoms with Gasteiger partial charge in [0.1, 0.15) is 0 Å². The smallest absolute Gasteiger partial charge is 0.0645 e.